The summed E-state index contributed by atoms with van der Waals surface area (Å²) in [5, 5.41) is 1.70. The Morgan fingerprint density at radius 2 is 2.12 bits per heavy atom. The molecule has 1 aliphatic carbocycles. The van der Waals surface area contributed by atoms with Crippen molar-refractivity contribution in [2.45, 2.75) is 31.7 Å². The number of benzene rings is 1. The van der Waals surface area contributed by atoms with Crippen LogP contribution >= 0.6 is 11.6 Å². The highest BCUT2D eigenvalue weighted by molar-refractivity contribution is 6.35. The predicted molar refractivity (Wildman–Crippen MR) is 98.6 cm³/mol. The van der Waals surface area contributed by atoms with Crippen LogP contribution in [0.15, 0.2) is 29.2 Å². The number of hydrogen-bond acceptors (Lipinski definition) is 3. The van der Waals surface area contributed by atoms with E-state index < -0.39 is 0 Å². The molecule has 2 aromatic heterocycles. The molecule has 132 valence electrons. The average Bonchev–Trinajstić information content (AvgIpc) is 3.42. The number of carbonyl (C=O) groups excluding carboxylic acids is 1. The molecule has 0 spiro atoms. The summed E-state index contributed by atoms with van der Waals surface area (Å²) in [6.45, 7) is 1.01. The smallest absolute Gasteiger partial charge is 0.263 e. The van der Waals surface area contributed by atoms with Crippen LogP contribution in [0.3, 0.4) is 0 Å². The third kappa shape index (κ3) is 2.44. The fourth-order valence-corrected chi connectivity index (χ4v) is 3.89. The van der Waals surface area contributed by atoms with E-state index in [1.54, 1.807) is 4.90 Å². The summed E-state index contributed by atoms with van der Waals surface area (Å²) in [6.07, 6.45) is 4.23. The van der Waals surface area contributed by atoms with Gasteiger partial charge in [-0.3, -0.25) is 9.59 Å². The normalized spacial score (nSPS) is 16.7. The van der Waals surface area contributed by atoms with Crippen LogP contribution in [0, 0.1) is 0 Å². The summed E-state index contributed by atoms with van der Waals surface area (Å²) < 4.78 is 0. The summed E-state index contributed by atoms with van der Waals surface area (Å²) in [6, 6.07) is 5.76. The first-order valence-electron chi connectivity index (χ1n) is 8.78. The number of aromatic nitrogens is 3. The number of carbonyl (C=O) groups is 1. The number of aromatic amines is 2. The lowest BCUT2D eigenvalue weighted by Crippen LogP contribution is -2.38. The van der Waals surface area contributed by atoms with Crippen molar-refractivity contribution in [1.29, 1.82) is 0 Å². The van der Waals surface area contributed by atoms with Crippen molar-refractivity contribution in [3.05, 3.63) is 62.4 Å². The summed E-state index contributed by atoms with van der Waals surface area (Å²) in [5.74, 6) is 0.766. The van der Waals surface area contributed by atoms with E-state index in [1.165, 1.54) is 6.20 Å². The van der Waals surface area contributed by atoms with Gasteiger partial charge in [0, 0.05) is 48.3 Å². The highest BCUT2D eigenvalue weighted by Crippen LogP contribution is 2.37. The first kappa shape index (κ1) is 15.6. The van der Waals surface area contributed by atoms with Crippen LogP contribution in [-0.2, 0) is 13.0 Å². The van der Waals surface area contributed by atoms with Gasteiger partial charge in [-0.05, 0) is 18.9 Å². The number of nitrogens with zero attached hydrogens (tertiary/aromatic N) is 2. The number of H-pyrrole nitrogens is 2. The Kier molecular flexibility index (Phi) is 3.43. The second-order valence-corrected chi connectivity index (χ2v) is 7.41. The third-order valence-electron chi connectivity index (χ3n) is 5.26. The van der Waals surface area contributed by atoms with E-state index in [9.17, 15) is 9.59 Å². The Labute approximate surface area is 154 Å². The highest BCUT2D eigenvalue weighted by atomic mass is 35.5. The molecule has 0 radical (unpaired) electrons. The maximum Gasteiger partial charge on any atom is 0.263 e. The Balaban J connectivity index is 1.47. The van der Waals surface area contributed by atoms with Crippen LogP contribution in [0.1, 0.15) is 46.2 Å². The van der Waals surface area contributed by atoms with Gasteiger partial charge in [-0.1, -0.05) is 23.7 Å². The molecule has 1 amide bonds. The van der Waals surface area contributed by atoms with Crippen molar-refractivity contribution < 1.29 is 4.79 Å². The van der Waals surface area contributed by atoms with Gasteiger partial charge in [-0.15, -0.1) is 0 Å². The van der Waals surface area contributed by atoms with E-state index in [0.29, 0.717) is 36.3 Å². The lowest BCUT2D eigenvalue weighted by atomic mass is 10.0. The maximum atomic E-state index is 12.9. The first-order valence-corrected chi connectivity index (χ1v) is 9.16. The van der Waals surface area contributed by atoms with E-state index in [0.717, 1.165) is 35.0 Å². The second kappa shape index (κ2) is 5.71. The number of fused-ring (bicyclic) bond motifs is 3. The van der Waals surface area contributed by atoms with E-state index in [2.05, 4.69) is 15.0 Å². The minimum absolute atomic E-state index is 0.107. The standard InChI is InChI=1S/C19H17ClN4O2/c20-14-3-1-2-11-13-9-24(7-6-15(13)22-16(11)14)19(26)12-8-21-17(10-4-5-10)23-18(12)25/h1-3,8,10,22H,4-7,9H2,(H,21,23,25). The molecule has 0 saturated heterocycles. The quantitative estimate of drug-likeness (QED) is 0.729. The zero-order chi connectivity index (χ0) is 17.8. The molecule has 2 aliphatic rings. The molecule has 5 rings (SSSR count). The fourth-order valence-electron chi connectivity index (χ4n) is 3.67. The summed E-state index contributed by atoms with van der Waals surface area (Å²) in [7, 11) is 0. The molecule has 26 heavy (non-hydrogen) atoms. The lowest BCUT2D eigenvalue weighted by molar-refractivity contribution is 0.0732. The Hall–Kier alpha value is -2.60. The van der Waals surface area contributed by atoms with Crippen LogP contribution in [0.2, 0.25) is 5.02 Å². The van der Waals surface area contributed by atoms with Crippen molar-refractivity contribution in [3.8, 4) is 0 Å². The van der Waals surface area contributed by atoms with Crippen LogP contribution in [0.5, 0.6) is 0 Å². The van der Waals surface area contributed by atoms with Crippen LogP contribution in [0.25, 0.3) is 10.9 Å². The van der Waals surface area contributed by atoms with Crippen LogP contribution in [-0.4, -0.2) is 32.3 Å². The lowest BCUT2D eigenvalue weighted by Gasteiger charge is -2.27. The molecule has 1 aliphatic heterocycles. The summed E-state index contributed by atoms with van der Waals surface area (Å²) in [4.78, 5) is 37.4. The van der Waals surface area contributed by atoms with Gasteiger partial charge < -0.3 is 14.9 Å². The maximum absolute atomic E-state index is 12.9. The summed E-state index contributed by atoms with van der Waals surface area (Å²) in [5.41, 5.74) is 2.84. The molecule has 3 aromatic rings. The van der Waals surface area contributed by atoms with E-state index in [4.69, 9.17) is 11.6 Å². The second-order valence-electron chi connectivity index (χ2n) is 7.01. The SMILES string of the molecule is O=C(c1cnc(C2CC2)[nH]c1=O)N1CCc2[nH]c3c(Cl)cccc3c2C1. The van der Waals surface area contributed by atoms with Crippen molar-refractivity contribution in [2.24, 2.45) is 0 Å². The van der Waals surface area contributed by atoms with E-state index in [1.807, 2.05) is 18.2 Å². The topological polar surface area (TPSA) is 81.8 Å². The number of halogens is 1. The van der Waals surface area contributed by atoms with E-state index >= 15 is 0 Å². The molecule has 2 N–H and O–H groups in total. The zero-order valence-electron chi connectivity index (χ0n) is 14.0. The molecular weight excluding hydrogens is 352 g/mol. The largest absolute Gasteiger partial charge is 0.357 e. The molecule has 0 unspecified atom stereocenters. The Bertz CT molecular complexity index is 1100. The Morgan fingerprint density at radius 1 is 1.27 bits per heavy atom. The molecule has 6 nitrogen and oxygen atoms in total. The third-order valence-corrected chi connectivity index (χ3v) is 5.58. The fraction of sp³-hybridized carbons (Fsp3) is 0.316. The minimum Gasteiger partial charge on any atom is -0.357 e. The number of para-hydroxylation sites is 1. The average molecular weight is 369 g/mol. The van der Waals surface area contributed by atoms with E-state index in [-0.39, 0.29) is 17.0 Å². The van der Waals surface area contributed by atoms with Crippen molar-refractivity contribution in [3.63, 3.8) is 0 Å². The Morgan fingerprint density at radius 3 is 2.88 bits per heavy atom. The van der Waals surface area contributed by atoms with Gasteiger partial charge in [0.05, 0.1) is 10.5 Å². The van der Waals surface area contributed by atoms with Gasteiger partial charge in [0.2, 0.25) is 0 Å². The molecule has 1 saturated carbocycles. The molecule has 3 heterocycles. The summed E-state index contributed by atoms with van der Waals surface area (Å²) >= 11 is 6.27. The first-order chi connectivity index (χ1) is 12.6. The van der Waals surface area contributed by atoms with Gasteiger partial charge >= 0.3 is 0 Å². The number of amides is 1. The molecule has 1 aromatic carbocycles. The number of hydrogen-bond donors (Lipinski definition) is 2. The van der Waals surface area contributed by atoms with Crippen molar-refractivity contribution in [2.75, 3.05) is 6.54 Å². The van der Waals surface area contributed by atoms with Gasteiger partial charge in [-0.25, -0.2) is 4.98 Å². The number of nitrogens with one attached hydrogen (secondary N) is 2. The van der Waals surface area contributed by atoms with Gasteiger partial charge in [-0.2, -0.15) is 0 Å². The predicted octanol–water partition coefficient (Wildman–Crippen LogP) is 2.98. The monoisotopic (exact) mass is 368 g/mol. The van der Waals surface area contributed by atoms with Gasteiger partial charge in [0.1, 0.15) is 11.4 Å². The molecule has 1 fully saturated rings. The van der Waals surface area contributed by atoms with Crippen molar-refractivity contribution in [1.82, 2.24) is 19.9 Å². The highest BCUT2D eigenvalue weighted by Gasteiger charge is 2.29. The van der Waals surface area contributed by atoms with Gasteiger partial charge in [0.25, 0.3) is 11.5 Å². The molecule has 0 atom stereocenters. The molecule has 0 bridgehead atoms. The molecule has 7 heteroatoms. The van der Waals surface area contributed by atoms with Crippen molar-refractivity contribution >= 4 is 28.4 Å². The van der Waals surface area contributed by atoms with Gasteiger partial charge in [0.15, 0.2) is 0 Å². The van der Waals surface area contributed by atoms with Crippen LogP contribution in [0.4, 0.5) is 0 Å². The zero-order valence-corrected chi connectivity index (χ0v) is 14.8. The number of rotatable bonds is 2. The minimum atomic E-state index is -0.348. The van der Waals surface area contributed by atoms with Crippen LogP contribution < -0.4 is 5.56 Å². The molecular formula is C19H17ClN4O2.